The van der Waals surface area contributed by atoms with Gasteiger partial charge in [0.2, 0.25) is 0 Å². The number of rotatable bonds is 39. The maximum atomic E-state index is 12.7. The fourth-order valence-corrected chi connectivity index (χ4v) is 5.97. The molecule has 0 aromatic heterocycles. The van der Waals surface area contributed by atoms with E-state index in [1.165, 1.54) is 19.3 Å². The third-order valence-corrected chi connectivity index (χ3v) is 9.50. The van der Waals surface area contributed by atoms with Crippen molar-refractivity contribution >= 4 is 17.9 Å². The summed E-state index contributed by atoms with van der Waals surface area (Å²) in [4.78, 5) is 36.9. The van der Waals surface area contributed by atoms with Crippen molar-refractivity contribution in [1.29, 1.82) is 0 Å². The lowest BCUT2D eigenvalue weighted by atomic mass is 10.1. The Balaban J connectivity index is 4.44. The van der Waals surface area contributed by atoms with Crippen molar-refractivity contribution in [3.63, 3.8) is 0 Å². The molecule has 0 spiro atoms. The van der Waals surface area contributed by atoms with Crippen molar-refractivity contribution in [3.05, 3.63) is 122 Å². The standard InChI is InChI=1S/C53H83NO7/c1-6-8-10-12-14-16-18-20-22-24-25-26-28-29-31-33-35-37-39-41-43-51(55)60-48-49(47-59-46-45-50(53(57)58)54(3,4)5)61-52(56)44-42-40-38-36-34-32-30-27-23-21-19-17-15-13-11-9-7-2/h8-11,13-17,19-23,25-27,30,32,34,49-50H,6-7,12,18,24,28-29,31,33,35-48H2,1-5H3/b10-8+,11-9+,15-13+,16-14+,19-17+,22-20+,23-21+,26-25+,30-27+,34-32+. The van der Waals surface area contributed by atoms with E-state index in [9.17, 15) is 19.5 Å². The Bertz CT molecular complexity index is 1400. The predicted molar refractivity (Wildman–Crippen MR) is 254 cm³/mol. The Morgan fingerprint density at radius 2 is 0.951 bits per heavy atom. The normalized spacial score (nSPS) is 14.0. The van der Waals surface area contributed by atoms with Crippen LogP contribution < -0.4 is 5.11 Å². The van der Waals surface area contributed by atoms with E-state index in [2.05, 4.69) is 74.6 Å². The number of carboxylic acids is 1. The number of hydrogen-bond donors (Lipinski definition) is 0. The summed E-state index contributed by atoms with van der Waals surface area (Å²) < 4.78 is 17.1. The molecule has 0 saturated heterocycles. The van der Waals surface area contributed by atoms with Crippen LogP contribution in [0.15, 0.2) is 122 Å². The highest BCUT2D eigenvalue weighted by Gasteiger charge is 2.25. The van der Waals surface area contributed by atoms with E-state index in [-0.39, 0.29) is 49.1 Å². The largest absolute Gasteiger partial charge is 0.544 e. The van der Waals surface area contributed by atoms with Crippen LogP contribution in [0, 0.1) is 0 Å². The zero-order valence-corrected chi connectivity index (χ0v) is 38.8. The number of nitrogens with zero attached hydrogens (tertiary/aromatic N) is 1. The SMILES string of the molecule is CC/C=C/C=C/C=C/C=C/C=C/C=C/CCCCCC(=O)OC(COCCC(C(=O)[O-])[N+](C)(C)C)COC(=O)CCCCCCCCC/C=C/C/C=C/C/C=C/C/C=C/CC. The lowest BCUT2D eigenvalue weighted by Gasteiger charge is -2.34. The molecule has 0 rings (SSSR count). The second-order valence-corrected chi connectivity index (χ2v) is 16.0. The Morgan fingerprint density at radius 3 is 1.49 bits per heavy atom. The first-order valence-electron chi connectivity index (χ1n) is 23.1. The van der Waals surface area contributed by atoms with Crippen molar-refractivity contribution < 1.29 is 38.2 Å². The van der Waals surface area contributed by atoms with Gasteiger partial charge in [-0.2, -0.15) is 0 Å². The topological polar surface area (TPSA) is 102 Å². The number of aliphatic carboxylic acids is 1. The fraction of sp³-hybridized carbons (Fsp3) is 0.566. The van der Waals surface area contributed by atoms with Crippen LogP contribution in [0.2, 0.25) is 0 Å². The molecule has 0 aromatic rings. The van der Waals surface area contributed by atoms with E-state index in [0.717, 1.165) is 83.5 Å². The van der Waals surface area contributed by atoms with Crippen LogP contribution in [0.25, 0.3) is 0 Å². The highest BCUT2D eigenvalue weighted by atomic mass is 16.6. The first-order valence-corrected chi connectivity index (χ1v) is 23.1. The van der Waals surface area contributed by atoms with Gasteiger partial charge in [0, 0.05) is 19.3 Å². The van der Waals surface area contributed by atoms with Crippen molar-refractivity contribution in [1.82, 2.24) is 0 Å². The molecule has 2 unspecified atom stereocenters. The summed E-state index contributed by atoms with van der Waals surface area (Å²) in [6.45, 7) is 4.32. The highest BCUT2D eigenvalue weighted by molar-refractivity contribution is 5.70. The number of hydrogen-bond acceptors (Lipinski definition) is 7. The van der Waals surface area contributed by atoms with Crippen molar-refractivity contribution in [2.24, 2.45) is 0 Å². The molecule has 0 heterocycles. The number of allylic oxidation sites excluding steroid dienone is 20. The van der Waals surface area contributed by atoms with E-state index in [4.69, 9.17) is 14.2 Å². The van der Waals surface area contributed by atoms with Gasteiger partial charge in [-0.3, -0.25) is 9.59 Å². The summed E-state index contributed by atoms with van der Waals surface area (Å²) in [6, 6.07) is -0.745. The lowest BCUT2D eigenvalue weighted by molar-refractivity contribution is -0.889. The van der Waals surface area contributed by atoms with Gasteiger partial charge in [-0.25, -0.2) is 0 Å². The zero-order valence-electron chi connectivity index (χ0n) is 38.8. The molecular weight excluding hydrogens is 763 g/mol. The lowest BCUT2D eigenvalue weighted by Crippen LogP contribution is -2.55. The number of carbonyl (C=O) groups is 3. The first-order chi connectivity index (χ1) is 29.6. The average Bonchev–Trinajstić information content (AvgIpc) is 3.22. The van der Waals surface area contributed by atoms with Gasteiger partial charge in [-0.1, -0.05) is 174 Å². The molecule has 0 N–H and O–H groups in total. The number of carboxylic acid groups (broad SMARTS) is 1. The maximum Gasteiger partial charge on any atom is 0.306 e. The zero-order chi connectivity index (χ0) is 44.9. The Labute approximate surface area is 371 Å². The van der Waals surface area contributed by atoms with Gasteiger partial charge >= 0.3 is 11.9 Å². The Hall–Kier alpha value is -4.27. The smallest absolute Gasteiger partial charge is 0.306 e. The predicted octanol–water partition coefficient (Wildman–Crippen LogP) is 11.7. The second-order valence-electron chi connectivity index (χ2n) is 16.0. The minimum absolute atomic E-state index is 0.00962. The molecular formula is C53H83NO7. The number of unbranched alkanes of at least 4 members (excludes halogenated alkanes) is 10. The highest BCUT2D eigenvalue weighted by Crippen LogP contribution is 2.13. The number of likely N-dealkylation sites (N-methyl/N-ethyl adjacent to an activating group) is 1. The number of carbonyl (C=O) groups excluding carboxylic acids is 3. The van der Waals surface area contributed by atoms with Gasteiger partial charge in [0.25, 0.3) is 0 Å². The maximum absolute atomic E-state index is 12.7. The molecule has 0 aliphatic heterocycles. The van der Waals surface area contributed by atoms with E-state index >= 15 is 0 Å². The van der Waals surface area contributed by atoms with Crippen LogP contribution >= 0.6 is 0 Å². The monoisotopic (exact) mass is 846 g/mol. The summed E-state index contributed by atoms with van der Waals surface area (Å²) >= 11 is 0. The summed E-state index contributed by atoms with van der Waals surface area (Å²) in [7, 11) is 5.37. The minimum atomic E-state index is -1.14. The molecule has 0 saturated carbocycles. The van der Waals surface area contributed by atoms with Crippen LogP contribution in [-0.4, -0.2) is 75.5 Å². The molecule has 8 nitrogen and oxygen atoms in total. The summed E-state index contributed by atoms with van der Waals surface area (Å²) in [5, 5.41) is 11.6. The molecule has 0 aliphatic rings. The van der Waals surface area contributed by atoms with Crippen molar-refractivity contribution in [2.75, 3.05) is 41.0 Å². The summed E-state index contributed by atoms with van der Waals surface area (Å²) in [5.74, 6) is -1.83. The second kappa shape index (κ2) is 42.4. The Kier molecular flexibility index (Phi) is 39.5. The van der Waals surface area contributed by atoms with Gasteiger partial charge in [0.15, 0.2) is 6.10 Å². The minimum Gasteiger partial charge on any atom is -0.544 e. The molecule has 8 heteroatoms. The van der Waals surface area contributed by atoms with Crippen molar-refractivity contribution in [3.8, 4) is 0 Å². The van der Waals surface area contributed by atoms with Crippen molar-refractivity contribution in [2.45, 2.75) is 154 Å². The molecule has 61 heavy (non-hydrogen) atoms. The molecule has 0 aliphatic carbocycles. The van der Waals surface area contributed by atoms with Gasteiger partial charge in [-0.05, 0) is 70.6 Å². The van der Waals surface area contributed by atoms with E-state index in [1.807, 2.05) is 60.8 Å². The number of ether oxygens (including phenoxy) is 3. The molecule has 0 amide bonds. The number of quaternary nitrogens is 1. The van der Waals surface area contributed by atoms with Gasteiger partial charge in [0.05, 0.1) is 40.3 Å². The van der Waals surface area contributed by atoms with E-state index in [1.54, 1.807) is 21.1 Å². The third-order valence-electron chi connectivity index (χ3n) is 9.50. The third kappa shape index (κ3) is 40.9. The van der Waals surface area contributed by atoms with Crippen LogP contribution in [0.5, 0.6) is 0 Å². The molecule has 2 atom stereocenters. The van der Waals surface area contributed by atoms with E-state index < -0.39 is 18.1 Å². The average molecular weight is 846 g/mol. The summed E-state index contributed by atoms with van der Waals surface area (Å²) in [6.07, 6.45) is 59.3. The molecule has 0 aromatic carbocycles. The quantitative estimate of drug-likeness (QED) is 0.0200. The fourth-order valence-electron chi connectivity index (χ4n) is 5.97. The van der Waals surface area contributed by atoms with Gasteiger partial charge in [0.1, 0.15) is 12.6 Å². The molecule has 0 radical (unpaired) electrons. The molecule has 0 bridgehead atoms. The van der Waals surface area contributed by atoms with Crippen LogP contribution in [0.1, 0.15) is 142 Å². The first kappa shape index (κ1) is 56.7. The Morgan fingerprint density at radius 1 is 0.508 bits per heavy atom. The summed E-state index contributed by atoms with van der Waals surface area (Å²) in [5.41, 5.74) is 0. The van der Waals surface area contributed by atoms with Crippen LogP contribution in [0.3, 0.4) is 0 Å². The van der Waals surface area contributed by atoms with Gasteiger partial charge in [-0.15, -0.1) is 0 Å². The van der Waals surface area contributed by atoms with E-state index in [0.29, 0.717) is 12.8 Å². The molecule has 0 fully saturated rings. The van der Waals surface area contributed by atoms with Crippen LogP contribution in [-0.2, 0) is 28.6 Å². The molecule has 342 valence electrons. The van der Waals surface area contributed by atoms with Gasteiger partial charge < -0.3 is 28.6 Å². The number of esters is 2. The van der Waals surface area contributed by atoms with Crippen LogP contribution in [0.4, 0.5) is 0 Å².